The fraction of sp³-hybridized carbons (Fsp3) is 0.176. The van der Waals surface area contributed by atoms with E-state index in [0.717, 1.165) is 6.42 Å². The van der Waals surface area contributed by atoms with Gasteiger partial charge in [0.05, 0.1) is 5.03 Å². The maximum absolute atomic E-state index is 5.72. The van der Waals surface area contributed by atoms with E-state index in [1.807, 2.05) is 0 Å². The summed E-state index contributed by atoms with van der Waals surface area (Å²) >= 11 is 1.78. The van der Waals surface area contributed by atoms with Crippen molar-refractivity contribution in [3.8, 4) is 0 Å². The molecule has 0 saturated carbocycles. The van der Waals surface area contributed by atoms with Crippen LogP contribution in [0.5, 0.6) is 0 Å². The minimum absolute atomic E-state index is 0.684. The minimum Gasteiger partial charge on any atom is -0.349 e. The van der Waals surface area contributed by atoms with Crippen molar-refractivity contribution in [3.05, 3.63) is 59.7 Å². The van der Waals surface area contributed by atoms with E-state index in [4.69, 9.17) is 5.73 Å². The van der Waals surface area contributed by atoms with Crippen LogP contribution in [0.15, 0.2) is 58.5 Å². The van der Waals surface area contributed by atoms with Crippen LogP contribution < -0.4 is 5.73 Å². The number of hydrogen-bond acceptors (Lipinski definition) is 2. The number of aromatic amines is 1. The second-order valence-corrected chi connectivity index (χ2v) is 6.06. The Labute approximate surface area is 123 Å². The van der Waals surface area contributed by atoms with Gasteiger partial charge in [-0.3, -0.25) is 0 Å². The topological polar surface area (TPSA) is 41.8 Å². The van der Waals surface area contributed by atoms with Gasteiger partial charge in [0.25, 0.3) is 0 Å². The van der Waals surface area contributed by atoms with E-state index in [0.29, 0.717) is 6.54 Å². The highest BCUT2D eigenvalue weighted by atomic mass is 32.2. The minimum atomic E-state index is 0.684. The number of nitrogens with one attached hydrogen (secondary N) is 1. The molecule has 1 heterocycles. The third-order valence-corrected chi connectivity index (χ3v) is 4.41. The standard InChI is InChI=1S/C17H18N2S/c1-12-6-7-16(14(10-12)8-9-18)20-17-11-13-4-2-3-5-15(13)19-17/h2-7,10-11,19H,8-9,18H2,1H3. The van der Waals surface area contributed by atoms with Crippen molar-refractivity contribution in [2.45, 2.75) is 23.3 Å². The molecule has 0 aliphatic rings. The quantitative estimate of drug-likeness (QED) is 0.755. The Hall–Kier alpha value is -1.71. The molecule has 102 valence electrons. The van der Waals surface area contributed by atoms with Crippen LogP contribution in [0.25, 0.3) is 10.9 Å². The molecule has 0 saturated heterocycles. The Morgan fingerprint density at radius 3 is 2.75 bits per heavy atom. The smallest absolute Gasteiger partial charge is 0.0780 e. The maximum atomic E-state index is 5.72. The van der Waals surface area contributed by atoms with Gasteiger partial charge in [0.15, 0.2) is 0 Å². The molecule has 0 aliphatic carbocycles. The summed E-state index contributed by atoms with van der Waals surface area (Å²) in [5.41, 5.74) is 9.52. The number of hydrogen-bond donors (Lipinski definition) is 2. The van der Waals surface area contributed by atoms with Gasteiger partial charge in [-0.15, -0.1) is 0 Å². The van der Waals surface area contributed by atoms with E-state index in [-0.39, 0.29) is 0 Å². The van der Waals surface area contributed by atoms with E-state index in [9.17, 15) is 0 Å². The number of rotatable bonds is 4. The molecule has 3 heteroatoms. The first-order valence-corrected chi connectivity index (χ1v) is 7.63. The zero-order valence-electron chi connectivity index (χ0n) is 11.5. The van der Waals surface area contributed by atoms with Crippen molar-refractivity contribution in [2.75, 3.05) is 6.54 Å². The van der Waals surface area contributed by atoms with E-state index < -0.39 is 0 Å². The van der Waals surface area contributed by atoms with Gasteiger partial charge in [-0.25, -0.2) is 0 Å². The van der Waals surface area contributed by atoms with Crippen LogP contribution >= 0.6 is 11.8 Å². The van der Waals surface area contributed by atoms with Crippen LogP contribution in [-0.2, 0) is 6.42 Å². The number of nitrogens with two attached hydrogens (primary N) is 1. The fourth-order valence-electron chi connectivity index (χ4n) is 2.38. The predicted molar refractivity (Wildman–Crippen MR) is 86.4 cm³/mol. The number of benzene rings is 2. The summed E-state index contributed by atoms with van der Waals surface area (Å²) in [7, 11) is 0. The molecule has 3 rings (SSSR count). The van der Waals surface area contributed by atoms with Crippen LogP contribution in [0, 0.1) is 6.92 Å². The van der Waals surface area contributed by atoms with Gasteiger partial charge in [-0.1, -0.05) is 47.7 Å². The number of aryl methyl sites for hydroxylation is 1. The summed E-state index contributed by atoms with van der Waals surface area (Å²) in [6.07, 6.45) is 0.921. The van der Waals surface area contributed by atoms with Crippen LogP contribution in [0.2, 0.25) is 0 Å². The Morgan fingerprint density at radius 1 is 1.10 bits per heavy atom. The molecule has 20 heavy (non-hydrogen) atoms. The van der Waals surface area contributed by atoms with Gasteiger partial charge < -0.3 is 10.7 Å². The molecule has 3 N–H and O–H groups in total. The van der Waals surface area contributed by atoms with E-state index in [1.165, 1.54) is 32.0 Å². The van der Waals surface area contributed by atoms with Crippen molar-refractivity contribution < 1.29 is 0 Å². The van der Waals surface area contributed by atoms with E-state index in [2.05, 4.69) is 60.4 Å². The predicted octanol–water partition coefficient (Wildman–Crippen LogP) is 4.13. The molecule has 0 fully saturated rings. The average molecular weight is 282 g/mol. The maximum Gasteiger partial charge on any atom is 0.0780 e. The molecule has 0 atom stereocenters. The number of aromatic nitrogens is 1. The van der Waals surface area contributed by atoms with Crippen LogP contribution in [0.1, 0.15) is 11.1 Å². The number of para-hydroxylation sites is 1. The van der Waals surface area contributed by atoms with Crippen molar-refractivity contribution >= 4 is 22.7 Å². The first-order chi connectivity index (χ1) is 9.76. The Bertz CT molecular complexity index is 698. The van der Waals surface area contributed by atoms with Gasteiger partial charge in [0.2, 0.25) is 0 Å². The summed E-state index contributed by atoms with van der Waals surface area (Å²) in [6, 6.07) is 17.1. The molecule has 0 spiro atoms. The van der Waals surface area contributed by atoms with Gasteiger partial charge >= 0.3 is 0 Å². The van der Waals surface area contributed by atoms with Crippen molar-refractivity contribution in [3.63, 3.8) is 0 Å². The second kappa shape index (κ2) is 5.73. The molecule has 0 aliphatic heterocycles. The normalized spacial score (nSPS) is 11.1. The largest absolute Gasteiger partial charge is 0.349 e. The van der Waals surface area contributed by atoms with Crippen molar-refractivity contribution in [2.24, 2.45) is 5.73 Å². The molecular formula is C17H18N2S. The van der Waals surface area contributed by atoms with Gasteiger partial charge in [0, 0.05) is 15.8 Å². The van der Waals surface area contributed by atoms with Crippen molar-refractivity contribution in [1.29, 1.82) is 0 Å². The van der Waals surface area contributed by atoms with Crippen LogP contribution in [0.3, 0.4) is 0 Å². The van der Waals surface area contributed by atoms with Crippen molar-refractivity contribution in [1.82, 2.24) is 4.98 Å². The third-order valence-electron chi connectivity index (χ3n) is 3.35. The highest BCUT2D eigenvalue weighted by Crippen LogP contribution is 2.32. The zero-order chi connectivity index (χ0) is 13.9. The molecule has 0 unspecified atom stereocenters. The Balaban J connectivity index is 1.93. The lowest BCUT2D eigenvalue weighted by atomic mass is 10.1. The summed E-state index contributed by atoms with van der Waals surface area (Å²) < 4.78 is 0. The first-order valence-electron chi connectivity index (χ1n) is 6.81. The van der Waals surface area contributed by atoms with E-state index >= 15 is 0 Å². The Kier molecular flexibility index (Phi) is 3.81. The fourth-order valence-corrected chi connectivity index (χ4v) is 3.39. The molecule has 3 aromatic rings. The number of fused-ring (bicyclic) bond motifs is 1. The highest BCUT2D eigenvalue weighted by molar-refractivity contribution is 7.99. The molecular weight excluding hydrogens is 264 g/mol. The van der Waals surface area contributed by atoms with Crippen LogP contribution in [-0.4, -0.2) is 11.5 Å². The lowest BCUT2D eigenvalue weighted by Gasteiger charge is -2.08. The van der Waals surface area contributed by atoms with Crippen LogP contribution in [0.4, 0.5) is 0 Å². The first kappa shape index (κ1) is 13.3. The van der Waals surface area contributed by atoms with E-state index in [1.54, 1.807) is 11.8 Å². The summed E-state index contributed by atoms with van der Waals surface area (Å²) in [4.78, 5) is 4.74. The molecule has 0 amide bonds. The summed E-state index contributed by atoms with van der Waals surface area (Å²) in [6.45, 7) is 2.81. The molecule has 2 aromatic carbocycles. The summed E-state index contributed by atoms with van der Waals surface area (Å²) in [5.74, 6) is 0. The average Bonchev–Trinajstić information content (AvgIpc) is 2.84. The van der Waals surface area contributed by atoms with Gasteiger partial charge in [-0.2, -0.15) is 0 Å². The SMILES string of the molecule is Cc1ccc(Sc2cc3ccccc3[nH]2)c(CCN)c1. The molecule has 0 bridgehead atoms. The second-order valence-electron chi connectivity index (χ2n) is 4.97. The lowest BCUT2D eigenvalue weighted by molar-refractivity contribution is 0.941. The zero-order valence-corrected chi connectivity index (χ0v) is 12.3. The number of H-pyrrole nitrogens is 1. The molecule has 1 aromatic heterocycles. The lowest BCUT2D eigenvalue weighted by Crippen LogP contribution is -2.04. The molecule has 2 nitrogen and oxygen atoms in total. The molecule has 0 radical (unpaired) electrons. The highest BCUT2D eigenvalue weighted by Gasteiger charge is 2.07. The third kappa shape index (κ3) is 2.74. The van der Waals surface area contributed by atoms with Gasteiger partial charge in [-0.05, 0) is 43.7 Å². The monoisotopic (exact) mass is 282 g/mol. The Morgan fingerprint density at radius 2 is 1.95 bits per heavy atom. The summed E-state index contributed by atoms with van der Waals surface area (Å²) in [5, 5.41) is 2.43. The van der Waals surface area contributed by atoms with Gasteiger partial charge in [0.1, 0.15) is 0 Å².